The average Bonchev–Trinajstić information content (AvgIpc) is 2.95. The molecule has 4 nitrogen and oxygen atoms in total. The van der Waals surface area contributed by atoms with Crippen molar-refractivity contribution in [2.24, 2.45) is 0 Å². The van der Waals surface area contributed by atoms with Gasteiger partial charge in [-0.3, -0.25) is 4.79 Å². The number of aromatic nitrogens is 1. The zero-order valence-corrected chi connectivity index (χ0v) is 14.3. The molecular weight excluding hydrogens is 376 g/mol. The van der Waals surface area contributed by atoms with Crippen LogP contribution >= 0.6 is 38.9 Å². The van der Waals surface area contributed by atoms with Crippen molar-refractivity contribution in [2.75, 3.05) is 5.32 Å². The number of halogens is 2. The minimum absolute atomic E-state index is 0.475. The maximum atomic E-state index is 11.2. The number of carbonyl (C=O) groups is 1. The van der Waals surface area contributed by atoms with Crippen LogP contribution in [0.5, 0.6) is 0 Å². The molecule has 0 spiro atoms. The fourth-order valence-electron chi connectivity index (χ4n) is 2.38. The number of benzene rings is 1. The lowest BCUT2D eigenvalue weighted by molar-refractivity contribution is -0.138. The average molecular weight is 388 g/mol. The van der Waals surface area contributed by atoms with Crippen LogP contribution in [0.15, 0.2) is 16.6 Å². The Morgan fingerprint density at radius 1 is 1.57 bits per heavy atom. The van der Waals surface area contributed by atoms with Gasteiger partial charge in [-0.25, -0.2) is 4.98 Å². The van der Waals surface area contributed by atoms with Gasteiger partial charge in [0.25, 0.3) is 0 Å². The molecule has 0 radical (unpaired) electrons. The minimum atomic E-state index is -0.801. The van der Waals surface area contributed by atoms with Gasteiger partial charge in [0.05, 0.1) is 11.4 Å². The molecule has 3 rings (SSSR count). The normalized spacial score (nSPS) is 16.8. The van der Waals surface area contributed by atoms with Crippen LogP contribution < -0.4 is 5.32 Å². The quantitative estimate of drug-likeness (QED) is 0.799. The fourth-order valence-corrected chi connectivity index (χ4v) is 4.15. The van der Waals surface area contributed by atoms with Gasteiger partial charge in [-0.15, -0.1) is 11.3 Å². The largest absolute Gasteiger partial charge is 0.481 e. The highest BCUT2D eigenvalue weighted by atomic mass is 79.9. The first-order chi connectivity index (χ1) is 9.95. The lowest BCUT2D eigenvalue weighted by Gasteiger charge is -2.08. The molecule has 0 saturated carbocycles. The second-order valence-corrected chi connectivity index (χ2v) is 7.31. The first kappa shape index (κ1) is 14.8. The molecule has 1 heterocycles. The van der Waals surface area contributed by atoms with Gasteiger partial charge in [0.15, 0.2) is 5.13 Å². The lowest BCUT2D eigenvalue weighted by atomic mass is 10.1. The predicted molar refractivity (Wildman–Crippen MR) is 88.0 cm³/mol. The highest BCUT2D eigenvalue weighted by Gasteiger charge is 2.32. The van der Waals surface area contributed by atoms with Crippen molar-refractivity contribution in [3.05, 3.63) is 37.8 Å². The van der Waals surface area contributed by atoms with Crippen molar-refractivity contribution in [2.45, 2.75) is 25.7 Å². The molecule has 0 aliphatic heterocycles. The molecule has 0 amide bonds. The number of hydrogen-bond acceptors (Lipinski definition) is 4. The molecule has 1 aliphatic rings. The van der Waals surface area contributed by atoms with Crippen LogP contribution in [-0.4, -0.2) is 16.1 Å². The van der Waals surface area contributed by atoms with E-state index in [1.54, 1.807) is 0 Å². The summed E-state index contributed by atoms with van der Waals surface area (Å²) in [4.78, 5) is 16.7. The van der Waals surface area contributed by atoms with Gasteiger partial charge in [0.1, 0.15) is 5.92 Å². The summed E-state index contributed by atoms with van der Waals surface area (Å²) >= 11 is 11.1. The second-order valence-electron chi connectivity index (χ2n) is 4.96. The molecule has 1 atom stereocenters. The predicted octanol–water partition coefficient (Wildman–Crippen LogP) is 4.73. The van der Waals surface area contributed by atoms with E-state index in [1.165, 1.54) is 11.3 Å². The highest BCUT2D eigenvalue weighted by Crippen LogP contribution is 2.40. The number of anilines is 2. The molecule has 0 saturated heterocycles. The molecule has 0 fully saturated rings. The number of carboxylic acids is 1. The number of aryl methyl sites for hydroxylation is 2. The Morgan fingerprint density at radius 3 is 3.05 bits per heavy atom. The van der Waals surface area contributed by atoms with Crippen LogP contribution in [0.4, 0.5) is 10.8 Å². The van der Waals surface area contributed by atoms with E-state index in [1.807, 2.05) is 19.1 Å². The van der Waals surface area contributed by atoms with Crippen LogP contribution in [0.2, 0.25) is 5.02 Å². The van der Waals surface area contributed by atoms with E-state index in [0.717, 1.165) is 27.0 Å². The minimum Gasteiger partial charge on any atom is -0.481 e. The molecule has 21 heavy (non-hydrogen) atoms. The van der Waals surface area contributed by atoms with Crippen LogP contribution in [-0.2, 0) is 11.2 Å². The molecule has 1 aromatic heterocycles. The third-order valence-electron chi connectivity index (χ3n) is 3.51. The highest BCUT2D eigenvalue weighted by molar-refractivity contribution is 9.10. The van der Waals surface area contributed by atoms with E-state index in [0.29, 0.717) is 22.3 Å². The molecular formula is C14H12BrClN2O2S. The fraction of sp³-hybridized carbons (Fsp3) is 0.286. The molecule has 7 heteroatoms. The molecule has 2 aromatic rings. The van der Waals surface area contributed by atoms with Gasteiger partial charge in [-0.05, 0) is 53.4 Å². The van der Waals surface area contributed by atoms with Gasteiger partial charge in [-0.2, -0.15) is 0 Å². The van der Waals surface area contributed by atoms with Gasteiger partial charge >= 0.3 is 5.97 Å². The Labute approximate surface area is 139 Å². The summed E-state index contributed by atoms with van der Waals surface area (Å²) in [6.07, 6.45) is 1.42. The standard InChI is InChI=1S/C14H12BrClN2O2S/c1-6-4-8(15)10(5-9(6)16)17-14-18-12-7(13(19)20)2-3-11(12)21-14/h4-5,7H,2-3H2,1H3,(H,17,18)(H,19,20). The molecule has 1 unspecified atom stereocenters. The molecule has 110 valence electrons. The topological polar surface area (TPSA) is 62.2 Å². The number of rotatable bonds is 3. The Hall–Kier alpha value is -1.11. The zero-order valence-electron chi connectivity index (χ0n) is 11.1. The van der Waals surface area contributed by atoms with Crippen LogP contribution in [0.1, 0.15) is 28.5 Å². The summed E-state index contributed by atoms with van der Waals surface area (Å²) in [5.41, 5.74) is 2.51. The monoisotopic (exact) mass is 386 g/mol. The van der Waals surface area contributed by atoms with Crippen LogP contribution in [0.25, 0.3) is 0 Å². The summed E-state index contributed by atoms with van der Waals surface area (Å²) in [5.74, 6) is -1.28. The summed E-state index contributed by atoms with van der Waals surface area (Å²) < 4.78 is 0.898. The zero-order chi connectivity index (χ0) is 15.1. The number of aliphatic carboxylic acids is 1. The first-order valence-electron chi connectivity index (χ1n) is 6.41. The Kier molecular flexibility index (Phi) is 3.94. The Morgan fingerprint density at radius 2 is 2.33 bits per heavy atom. The molecule has 1 aromatic carbocycles. The van der Waals surface area contributed by atoms with E-state index in [4.69, 9.17) is 11.6 Å². The SMILES string of the molecule is Cc1cc(Br)c(Nc2nc3c(s2)CCC3C(=O)O)cc1Cl. The van der Waals surface area contributed by atoms with Crippen LogP contribution in [0, 0.1) is 6.92 Å². The number of nitrogens with one attached hydrogen (secondary N) is 1. The Balaban J connectivity index is 1.89. The maximum Gasteiger partial charge on any atom is 0.312 e. The van der Waals surface area contributed by atoms with E-state index in [-0.39, 0.29) is 0 Å². The van der Waals surface area contributed by atoms with Crippen LogP contribution in [0.3, 0.4) is 0 Å². The first-order valence-corrected chi connectivity index (χ1v) is 8.39. The van der Waals surface area contributed by atoms with Crippen molar-refractivity contribution >= 4 is 55.7 Å². The Bertz CT molecular complexity index is 732. The number of carboxylic acid groups (broad SMARTS) is 1. The van der Waals surface area contributed by atoms with Crippen molar-refractivity contribution in [1.29, 1.82) is 0 Å². The van der Waals surface area contributed by atoms with Crippen molar-refractivity contribution in [3.8, 4) is 0 Å². The molecule has 2 N–H and O–H groups in total. The van der Waals surface area contributed by atoms with E-state index in [2.05, 4.69) is 26.2 Å². The van der Waals surface area contributed by atoms with E-state index >= 15 is 0 Å². The van der Waals surface area contributed by atoms with Gasteiger partial charge in [0.2, 0.25) is 0 Å². The summed E-state index contributed by atoms with van der Waals surface area (Å²) in [7, 11) is 0. The number of nitrogens with zero attached hydrogens (tertiary/aromatic N) is 1. The number of fused-ring (bicyclic) bond motifs is 1. The summed E-state index contributed by atoms with van der Waals surface area (Å²) in [6, 6.07) is 3.77. The maximum absolute atomic E-state index is 11.2. The summed E-state index contributed by atoms with van der Waals surface area (Å²) in [6.45, 7) is 1.94. The van der Waals surface area contributed by atoms with Crippen molar-refractivity contribution < 1.29 is 9.90 Å². The van der Waals surface area contributed by atoms with Crippen molar-refractivity contribution in [1.82, 2.24) is 4.98 Å². The second kappa shape index (κ2) is 5.59. The van der Waals surface area contributed by atoms with Gasteiger partial charge in [0, 0.05) is 14.4 Å². The molecule has 1 aliphatic carbocycles. The van der Waals surface area contributed by atoms with E-state index < -0.39 is 11.9 Å². The van der Waals surface area contributed by atoms with Gasteiger partial charge < -0.3 is 10.4 Å². The third-order valence-corrected chi connectivity index (χ3v) is 5.62. The summed E-state index contributed by atoms with van der Waals surface area (Å²) in [5, 5.41) is 13.8. The van der Waals surface area contributed by atoms with Gasteiger partial charge in [-0.1, -0.05) is 11.6 Å². The lowest BCUT2D eigenvalue weighted by Crippen LogP contribution is -2.08. The number of thiazole rings is 1. The number of hydrogen-bond donors (Lipinski definition) is 2. The molecule has 0 bridgehead atoms. The van der Waals surface area contributed by atoms with Crippen molar-refractivity contribution in [3.63, 3.8) is 0 Å². The smallest absolute Gasteiger partial charge is 0.312 e. The van der Waals surface area contributed by atoms with E-state index in [9.17, 15) is 9.90 Å². The third kappa shape index (κ3) is 2.80.